The molecule has 4 aromatic rings. The fourth-order valence-electron chi connectivity index (χ4n) is 5.66. The number of hydrogen-bond acceptors (Lipinski definition) is 7. The number of aromatic nitrogens is 5. The highest BCUT2D eigenvalue weighted by atomic mass is 32.1. The van der Waals surface area contributed by atoms with Crippen molar-refractivity contribution in [2.75, 3.05) is 24.5 Å². The molecule has 0 radical (unpaired) electrons. The number of amides is 3. The van der Waals surface area contributed by atoms with Crippen LogP contribution in [0.5, 0.6) is 0 Å². The fourth-order valence-corrected chi connectivity index (χ4v) is 5.66. The molecule has 7 rings (SSSR count). The van der Waals surface area contributed by atoms with Crippen LogP contribution in [0.2, 0.25) is 0 Å². The van der Waals surface area contributed by atoms with Gasteiger partial charge < -0.3 is 27.0 Å². The first kappa shape index (κ1) is 50.2. The van der Waals surface area contributed by atoms with Gasteiger partial charge in [-0.3, -0.25) is 34.0 Å². The molecule has 2 aliphatic carbocycles. The Bertz CT molecular complexity index is 1840. The van der Waals surface area contributed by atoms with Gasteiger partial charge in [-0.1, -0.05) is 0 Å². The van der Waals surface area contributed by atoms with Crippen LogP contribution in [-0.2, 0) is 9.53 Å². The minimum atomic E-state index is -0.979. The Balaban J connectivity index is 0.000000726. The van der Waals surface area contributed by atoms with Crippen LogP contribution in [0.15, 0.2) is 41.6 Å². The van der Waals surface area contributed by atoms with Gasteiger partial charge in [0.05, 0.1) is 0 Å². The summed E-state index contributed by atoms with van der Waals surface area (Å²) in [5.74, 6) is 0.642. The average molecular weight is 848 g/mol. The van der Waals surface area contributed by atoms with Gasteiger partial charge in [0.1, 0.15) is 18.2 Å². The van der Waals surface area contributed by atoms with E-state index in [0.29, 0.717) is 37.9 Å². The number of nitrogens with zero attached hydrogens (tertiary/aromatic N) is 4. The number of aromatic amines is 1. The predicted octanol–water partition coefficient (Wildman–Crippen LogP) is 3.39. The summed E-state index contributed by atoms with van der Waals surface area (Å²) in [6.07, 6.45) is 7.03. The lowest BCUT2D eigenvalue weighted by Gasteiger charge is -2.12. The Labute approximate surface area is 334 Å². The number of H-pyrrole nitrogens is 1. The van der Waals surface area contributed by atoms with E-state index in [-0.39, 0.29) is 77.5 Å². The van der Waals surface area contributed by atoms with E-state index < -0.39 is 64.7 Å². The van der Waals surface area contributed by atoms with Crippen LogP contribution in [0.3, 0.4) is 0 Å². The molecule has 14 nitrogen and oxygen atoms in total. The zero-order valence-corrected chi connectivity index (χ0v) is 32.8. The van der Waals surface area contributed by atoms with Gasteiger partial charge in [0, 0.05) is 43.6 Å². The topological polar surface area (TPSA) is 211 Å². The Morgan fingerprint density at radius 2 is 1.35 bits per heavy atom. The van der Waals surface area contributed by atoms with Gasteiger partial charge in [-0.2, -0.15) is 59.1 Å². The summed E-state index contributed by atoms with van der Waals surface area (Å²) in [6, 6.07) is 3.28. The fraction of sp³-hybridized carbons (Fsp3) is 0.452. The van der Waals surface area contributed by atoms with Crippen molar-refractivity contribution in [2.24, 2.45) is 17.4 Å². The summed E-state index contributed by atoms with van der Waals surface area (Å²) in [4.78, 5) is 47.4. The van der Waals surface area contributed by atoms with Crippen LogP contribution in [0.25, 0.3) is 5.52 Å². The number of nitrogens with one attached hydrogen (secondary N) is 2. The maximum absolute atomic E-state index is 13.2. The van der Waals surface area contributed by atoms with Gasteiger partial charge in [0.15, 0.2) is 34.4 Å². The number of fused-ring (bicyclic) bond motifs is 1. The summed E-state index contributed by atoms with van der Waals surface area (Å²) < 4.78 is 72.9. The summed E-state index contributed by atoms with van der Waals surface area (Å²) in [6.45, 7) is 2.00. The lowest BCUT2D eigenvalue weighted by Crippen LogP contribution is -2.31. The minimum Gasteiger partial charge on any atom is -0.381 e. The number of hydrogen-bond donors (Lipinski definition) is 5. The van der Waals surface area contributed by atoms with E-state index in [1.807, 2.05) is 0 Å². The van der Waals surface area contributed by atoms with Crippen molar-refractivity contribution in [2.45, 2.75) is 69.6 Å². The van der Waals surface area contributed by atoms with Crippen molar-refractivity contribution in [3.05, 3.63) is 81.8 Å². The third kappa shape index (κ3) is 13.2. The summed E-state index contributed by atoms with van der Waals surface area (Å²) >= 11 is 0. The molecule has 3 aliphatic rings. The summed E-state index contributed by atoms with van der Waals surface area (Å²) in [5, 5.41) is 4.13. The molecule has 23 heteroatoms. The van der Waals surface area contributed by atoms with Crippen LogP contribution in [-0.4, -0.2) is 67.2 Å². The molecule has 0 spiro atoms. The summed E-state index contributed by atoms with van der Waals surface area (Å²) in [5.41, 5.74) is 10.8. The summed E-state index contributed by atoms with van der Waals surface area (Å²) in [7, 11) is 0. The zero-order chi connectivity index (χ0) is 36.5. The number of carbonyl (C=O) groups excluding carboxylic acids is 3. The van der Waals surface area contributed by atoms with Gasteiger partial charge >= 0.3 is 0 Å². The molecule has 8 N–H and O–H groups in total. The van der Waals surface area contributed by atoms with Crippen LogP contribution in [0.4, 0.5) is 22.0 Å². The average Bonchev–Trinajstić information content (AvgIpc) is 3.90. The predicted molar refractivity (Wildman–Crippen MR) is 211 cm³/mol. The number of ether oxygens (including phenoxy) is 1. The van der Waals surface area contributed by atoms with E-state index in [9.17, 15) is 41.1 Å². The number of halogens is 5. The normalized spacial score (nSPS) is 19.4. The highest BCUT2D eigenvalue weighted by Gasteiger charge is 2.31. The second kappa shape index (κ2) is 23.2. The molecule has 5 heterocycles. The maximum atomic E-state index is 13.2. The molecule has 4 atom stereocenters. The van der Waals surface area contributed by atoms with Crippen LogP contribution in [0, 0.1) is 23.4 Å². The third-order valence-corrected chi connectivity index (χ3v) is 8.21. The molecular weight excluding hydrogens is 802 g/mol. The van der Waals surface area contributed by atoms with E-state index in [4.69, 9.17) is 22.0 Å². The lowest BCUT2D eigenvalue weighted by molar-refractivity contribution is -0.120. The molecule has 54 heavy (non-hydrogen) atoms. The Morgan fingerprint density at radius 1 is 0.796 bits per heavy atom. The highest BCUT2D eigenvalue weighted by molar-refractivity contribution is 7.59. The van der Waals surface area contributed by atoms with Crippen molar-refractivity contribution in [3.63, 3.8) is 0 Å². The number of nitrogens with two attached hydrogens (primary N) is 3. The van der Waals surface area contributed by atoms with Gasteiger partial charge in [-0.25, -0.2) is 26.5 Å². The maximum Gasteiger partial charge on any atom is 0.278 e. The first-order chi connectivity index (χ1) is 23.8. The first-order valence-corrected chi connectivity index (χ1v) is 15.8. The lowest BCUT2D eigenvalue weighted by atomic mass is 10.1. The van der Waals surface area contributed by atoms with E-state index >= 15 is 0 Å². The van der Waals surface area contributed by atoms with Gasteiger partial charge in [0.25, 0.3) is 17.4 Å². The molecule has 0 bridgehead atoms. The molecule has 0 aromatic carbocycles. The number of alkyl halides is 2. The van der Waals surface area contributed by atoms with Gasteiger partial charge in [0.2, 0.25) is 5.91 Å². The molecule has 304 valence electrons. The molecule has 3 fully saturated rings. The zero-order valence-electron chi connectivity index (χ0n) is 28.8. The molecule has 4 aromatic heterocycles. The Kier molecular flexibility index (Phi) is 21.6. The molecular formula is C31H46F5N9O5S4. The van der Waals surface area contributed by atoms with Gasteiger partial charge in [-0.15, -0.1) is 0 Å². The molecule has 3 amide bonds. The third-order valence-electron chi connectivity index (χ3n) is 8.21. The van der Waals surface area contributed by atoms with E-state index in [1.54, 1.807) is 0 Å². The number of nitrogen functional groups attached to an aromatic ring is 1. The number of rotatable bonds is 5. The van der Waals surface area contributed by atoms with Crippen molar-refractivity contribution < 1.29 is 41.1 Å². The van der Waals surface area contributed by atoms with E-state index in [2.05, 4.69) is 15.5 Å². The van der Waals surface area contributed by atoms with E-state index in [0.717, 1.165) is 34.7 Å². The first-order valence-electron chi connectivity index (χ1n) is 15.8. The van der Waals surface area contributed by atoms with E-state index in [1.165, 1.54) is 42.0 Å². The van der Waals surface area contributed by atoms with Crippen molar-refractivity contribution >= 4 is 77.2 Å². The minimum absolute atomic E-state index is 0. The second-order valence-corrected chi connectivity index (χ2v) is 11.8. The molecule has 1 aliphatic heterocycles. The SMILES string of the molecule is C1CCOC1.NC(=O)c1c(F)ccn1N.NC(=O)c1c(F)ccn1NC(=O)[C@H]1CC[C@@H](F)C1.O=c1[nH]c([C@H]2CC[C@@H](F)C2)nn2ccc(F)c12.S.S.S.S. The standard InChI is InChI=1S/C11H13F2N3O2.C11H11F2N3O.C5H6FN3O.C4H8O.4H2S/c12-7-2-1-6(5-7)11(18)15-16-4-3-8(13)9(16)10(14)17;12-7-2-1-6(5-7)10-14-11(17)9-8(13)3-4-16(9)15-10;6-3-1-2-9(8)4(3)5(7)10;1-2-4-5-3-1;;;;/h3-4,6-7H,1-2,5H2,(H2,14,17)(H,15,18);3-4,6-7H,1-2,5H2,(H,14,15,17);1-2H,8H2,(H2,7,10);1-4H2;4*1H2/t2*6-,7+;;;;;;/m00....../s1. The monoisotopic (exact) mass is 847 g/mol. The number of primary amides is 2. The number of carbonyl (C=O) groups is 3. The Morgan fingerprint density at radius 3 is 1.81 bits per heavy atom. The van der Waals surface area contributed by atoms with Crippen LogP contribution >= 0.6 is 54.0 Å². The van der Waals surface area contributed by atoms with Crippen LogP contribution in [0.1, 0.15) is 84.1 Å². The van der Waals surface area contributed by atoms with Gasteiger partial charge in [-0.05, 0) is 69.6 Å². The molecule has 0 unspecified atom stereocenters. The molecule has 1 saturated heterocycles. The van der Waals surface area contributed by atoms with Crippen molar-refractivity contribution in [1.82, 2.24) is 24.0 Å². The van der Waals surface area contributed by atoms with Crippen molar-refractivity contribution in [1.29, 1.82) is 0 Å². The smallest absolute Gasteiger partial charge is 0.278 e. The largest absolute Gasteiger partial charge is 0.381 e. The Hall–Kier alpha value is -3.80. The highest BCUT2D eigenvalue weighted by Crippen LogP contribution is 2.34. The quantitative estimate of drug-likeness (QED) is 0.149. The molecule has 2 saturated carbocycles. The van der Waals surface area contributed by atoms with Crippen LogP contribution < -0.4 is 28.3 Å². The second-order valence-electron chi connectivity index (χ2n) is 11.8. The van der Waals surface area contributed by atoms with Crippen molar-refractivity contribution in [3.8, 4) is 0 Å².